The number of nitrogens with two attached hydrogens (primary N) is 2. The molecule has 5 aromatic rings. The first kappa shape index (κ1) is 35.5. The molecular weight excluding hydrogens is 632 g/mol. The summed E-state index contributed by atoms with van der Waals surface area (Å²) >= 11 is 0. The van der Waals surface area contributed by atoms with Gasteiger partial charge in [-0.25, -0.2) is 4.98 Å². The summed E-state index contributed by atoms with van der Waals surface area (Å²) in [5.41, 5.74) is 13.7. The van der Waals surface area contributed by atoms with E-state index < -0.39 is 47.8 Å². The molecule has 258 valence electrons. The minimum absolute atomic E-state index is 0.0697. The average molecular weight is 675 g/mol. The second kappa shape index (κ2) is 15.6. The summed E-state index contributed by atoms with van der Waals surface area (Å²) in [6.45, 7) is 5.63. The molecule has 0 aliphatic heterocycles. The number of aromatic nitrogens is 1. The number of ether oxygens (including phenoxy) is 1. The van der Waals surface area contributed by atoms with Crippen LogP contribution in [0.2, 0.25) is 0 Å². The number of carbonyl (C=O) groups excluding carboxylic acids is 4. The highest BCUT2D eigenvalue weighted by Crippen LogP contribution is 2.29. The van der Waals surface area contributed by atoms with Crippen molar-refractivity contribution in [3.63, 3.8) is 0 Å². The van der Waals surface area contributed by atoms with Gasteiger partial charge in [0.05, 0.1) is 29.6 Å². The van der Waals surface area contributed by atoms with Crippen LogP contribution >= 0.6 is 0 Å². The smallest absolute Gasteiger partial charge is 0.270 e. The molecule has 3 atom stereocenters. The average Bonchev–Trinajstić information content (AvgIpc) is 3.08. The molecule has 11 heteroatoms. The predicted octanol–water partition coefficient (Wildman–Crippen LogP) is 4.02. The number of hydrogen-bond donors (Lipinski definition) is 5. The molecule has 0 aliphatic rings. The zero-order valence-corrected chi connectivity index (χ0v) is 28.3. The standard InChI is InChI=1S/C39H42N6O5/c1-39(2,3)45-38(49)35-27-15-9-7-13-25(27)18-20-33(35)50-23-28(40)31(21-24-11-5-4-6-12-24)43-37(48)32(22-34(41)46)44-36(47)30-19-17-26-14-8-10-16-29(26)42-30/h4-20,28,31-32H,21-23,40H2,1-3H3,(H2,41,46)(H,43,48)(H,44,47)(H,45,49)/t28-,31-,32-/m0/s1. The molecule has 4 aromatic carbocycles. The molecule has 0 aliphatic carbocycles. The number of nitrogens with one attached hydrogen (secondary N) is 3. The van der Waals surface area contributed by atoms with Gasteiger partial charge in [-0.2, -0.15) is 0 Å². The Kier molecular flexibility index (Phi) is 11.1. The van der Waals surface area contributed by atoms with Crippen molar-refractivity contribution in [3.05, 3.63) is 120 Å². The number of benzene rings is 4. The maximum absolute atomic E-state index is 13.8. The largest absolute Gasteiger partial charge is 0.491 e. The highest BCUT2D eigenvalue weighted by Gasteiger charge is 2.29. The second-order valence-electron chi connectivity index (χ2n) is 13.2. The summed E-state index contributed by atoms with van der Waals surface area (Å²) in [6, 6.07) is 28.4. The van der Waals surface area contributed by atoms with E-state index in [1.807, 2.05) is 99.6 Å². The van der Waals surface area contributed by atoms with Crippen molar-refractivity contribution in [2.45, 2.75) is 57.3 Å². The van der Waals surface area contributed by atoms with Gasteiger partial charge < -0.3 is 32.2 Å². The maximum Gasteiger partial charge on any atom is 0.270 e. The molecule has 1 heterocycles. The van der Waals surface area contributed by atoms with Gasteiger partial charge in [-0.15, -0.1) is 0 Å². The minimum atomic E-state index is -1.30. The highest BCUT2D eigenvalue weighted by atomic mass is 16.5. The van der Waals surface area contributed by atoms with E-state index in [1.165, 1.54) is 0 Å². The van der Waals surface area contributed by atoms with Crippen molar-refractivity contribution < 1.29 is 23.9 Å². The number of nitrogens with zero attached hydrogens (tertiary/aromatic N) is 1. The van der Waals surface area contributed by atoms with Crippen molar-refractivity contribution in [1.29, 1.82) is 0 Å². The normalized spacial score (nSPS) is 13.2. The molecule has 5 rings (SSSR count). The van der Waals surface area contributed by atoms with E-state index in [0.717, 1.165) is 21.7 Å². The molecule has 0 radical (unpaired) electrons. The summed E-state index contributed by atoms with van der Waals surface area (Å²) in [7, 11) is 0. The van der Waals surface area contributed by atoms with Crippen LogP contribution in [0.15, 0.2) is 103 Å². The van der Waals surface area contributed by atoms with E-state index in [-0.39, 0.29) is 18.2 Å². The summed E-state index contributed by atoms with van der Waals surface area (Å²) in [5, 5.41) is 11.0. The van der Waals surface area contributed by atoms with Crippen molar-refractivity contribution in [2.24, 2.45) is 11.5 Å². The van der Waals surface area contributed by atoms with Gasteiger partial charge in [-0.05, 0) is 61.7 Å². The lowest BCUT2D eigenvalue weighted by Gasteiger charge is -2.28. The fraction of sp³-hybridized carbons (Fsp3) is 0.256. The fourth-order valence-corrected chi connectivity index (χ4v) is 5.61. The number of pyridine rings is 1. The van der Waals surface area contributed by atoms with Crippen LogP contribution in [0.25, 0.3) is 21.7 Å². The Hall–Kier alpha value is -5.81. The first-order chi connectivity index (χ1) is 23.9. The summed E-state index contributed by atoms with van der Waals surface area (Å²) in [5.74, 6) is -2.01. The Morgan fingerprint density at radius 1 is 0.780 bits per heavy atom. The molecule has 50 heavy (non-hydrogen) atoms. The number of rotatable bonds is 13. The van der Waals surface area contributed by atoms with E-state index in [9.17, 15) is 19.2 Å². The van der Waals surface area contributed by atoms with Gasteiger partial charge in [0, 0.05) is 10.9 Å². The molecule has 0 saturated carbocycles. The van der Waals surface area contributed by atoms with E-state index in [2.05, 4.69) is 20.9 Å². The summed E-state index contributed by atoms with van der Waals surface area (Å²) < 4.78 is 6.24. The zero-order chi connectivity index (χ0) is 35.8. The number of primary amides is 1. The number of hydrogen-bond acceptors (Lipinski definition) is 7. The fourth-order valence-electron chi connectivity index (χ4n) is 5.61. The molecule has 0 saturated heterocycles. The van der Waals surface area contributed by atoms with Crippen LogP contribution in [0.5, 0.6) is 5.75 Å². The number of fused-ring (bicyclic) bond motifs is 2. The van der Waals surface area contributed by atoms with Crippen LogP contribution in [0.3, 0.4) is 0 Å². The molecule has 0 spiro atoms. The predicted molar refractivity (Wildman–Crippen MR) is 194 cm³/mol. The third kappa shape index (κ3) is 9.20. The molecule has 4 amide bonds. The molecule has 0 fully saturated rings. The number of carbonyl (C=O) groups is 4. The molecule has 0 unspecified atom stereocenters. The lowest BCUT2D eigenvalue weighted by molar-refractivity contribution is -0.127. The Morgan fingerprint density at radius 2 is 1.44 bits per heavy atom. The van der Waals surface area contributed by atoms with Crippen molar-refractivity contribution in [2.75, 3.05) is 6.61 Å². The van der Waals surface area contributed by atoms with Crippen LogP contribution in [0, 0.1) is 0 Å². The first-order valence-electron chi connectivity index (χ1n) is 16.4. The topological polar surface area (TPSA) is 179 Å². The Labute approximate surface area is 290 Å². The quantitative estimate of drug-likeness (QED) is 0.125. The Bertz CT molecular complexity index is 2010. The third-order valence-electron chi connectivity index (χ3n) is 8.04. The van der Waals surface area contributed by atoms with Gasteiger partial charge in [-0.3, -0.25) is 19.2 Å². The molecule has 11 nitrogen and oxygen atoms in total. The Morgan fingerprint density at radius 3 is 2.16 bits per heavy atom. The van der Waals surface area contributed by atoms with Crippen LogP contribution in [0.4, 0.5) is 0 Å². The van der Waals surface area contributed by atoms with Crippen molar-refractivity contribution in [1.82, 2.24) is 20.9 Å². The highest BCUT2D eigenvalue weighted by molar-refractivity contribution is 6.09. The van der Waals surface area contributed by atoms with Crippen molar-refractivity contribution in [3.8, 4) is 5.75 Å². The third-order valence-corrected chi connectivity index (χ3v) is 8.04. The molecule has 0 bridgehead atoms. The molecule has 1 aromatic heterocycles. The van der Waals surface area contributed by atoms with Gasteiger partial charge in [-0.1, -0.05) is 84.9 Å². The number of para-hydroxylation sites is 1. The maximum atomic E-state index is 13.8. The SMILES string of the molecule is CC(C)(C)NC(=O)c1c(OC[C@H](N)[C@H](Cc2ccccc2)NC(=O)[C@H](CC(N)=O)NC(=O)c2ccc3ccccc3n2)ccc2ccccc12. The van der Waals surface area contributed by atoms with Crippen LogP contribution in [-0.2, 0) is 16.0 Å². The van der Waals surface area contributed by atoms with Crippen LogP contribution in [-0.4, -0.2) is 58.9 Å². The van der Waals surface area contributed by atoms with E-state index in [1.54, 1.807) is 24.3 Å². The van der Waals surface area contributed by atoms with Gasteiger partial charge >= 0.3 is 0 Å². The van der Waals surface area contributed by atoms with Gasteiger partial charge in [0.15, 0.2) is 0 Å². The lowest BCUT2D eigenvalue weighted by Crippen LogP contribution is -2.57. The monoisotopic (exact) mass is 674 g/mol. The molecule has 7 N–H and O–H groups in total. The van der Waals surface area contributed by atoms with E-state index in [4.69, 9.17) is 16.2 Å². The lowest BCUT2D eigenvalue weighted by atomic mass is 9.99. The Balaban J connectivity index is 1.37. The second-order valence-corrected chi connectivity index (χ2v) is 13.2. The van der Waals surface area contributed by atoms with Gasteiger partial charge in [0.25, 0.3) is 11.8 Å². The molecular formula is C39H42N6O5. The summed E-state index contributed by atoms with van der Waals surface area (Å²) in [4.78, 5) is 57.0. The van der Waals surface area contributed by atoms with Gasteiger partial charge in [0.2, 0.25) is 11.8 Å². The van der Waals surface area contributed by atoms with E-state index in [0.29, 0.717) is 23.3 Å². The van der Waals surface area contributed by atoms with Crippen LogP contribution in [0.1, 0.15) is 53.6 Å². The van der Waals surface area contributed by atoms with Crippen LogP contribution < -0.4 is 32.2 Å². The van der Waals surface area contributed by atoms with E-state index >= 15 is 0 Å². The minimum Gasteiger partial charge on any atom is -0.491 e. The van der Waals surface area contributed by atoms with Gasteiger partial charge in [0.1, 0.15) is 24.1 Å². The zero-order valence-electron chi connectivity index (χ0n) is 28.3. The number of amides is 4. The summed E-state index contributed by atoms with van der Waals surface area (Å²) in [6.07, 6.45) is -0.131. The first-order valence-corrected chi connectivity index (χ1v) is 16.4. The van der Waals surface area contributed by atoms with Crippen molar-refractivity contribution >= 4 is 45.3 Å².